The van der Waals surface area contributed by atoms with Crippen molar-refractivity contribution in [1.29, 1.82) is 0 Å². The number of halogens is 1. The second-order valence-electron chi connectivity index (χ2n) is 6.26. The lowest BCUT2D eigenvalue weighted by molar-refractivity contribution is -0.141. The number of rotatable bonds is 4. The third-order valence-electron chi connectivity index (χ3n) is 4.34. The zero-order valence-electron chi connectivity index (χ0n) is 15.4. The maximum atomic E-state index is 12.4. The summed E-state index contributed by atoms with van der Waals surface area (Å²) < 4.78 is 7.57. The Hall–Kier alpha value is -2.84. The topological polar surface area (TPSA) is 72.7 Å². The molecule has 4 rings (SSSR count). The Bertz CT molecular complexity index is 1170. The molecule has 1 aliphatic heterocycles. The van der Waals surface area contributed by atoms with Gasteiger partial charge in [-0.05, 0) is 48.2 Å². The summed E-state index contributed by atoms with van der Waals surface area (Å²) in [5, 5.41) is 4.28. The van der Waals surface area contributed by atoms with Crippen molar-refractivity contribution in [2.45, 2.75) is 6.54 Å². The molecule has 0 unspecified atom stereocenters. The SMILES string of the molecule is COC(=O)Cn1cc(C=C2SC(=Nc3ccc(Br)cc3)NC2=O)c2ccccc21. The average Bonchev–Trinajstić information content (AvgIpc) is 3.24. The van der Waals surface area contributed by atoms with Gasteiger partial charge in [0.2, 0.25) is 0 Å². The average molecular weight is 470 g/mol. The lowest BCUT2D eigenvalue weighted by atomic mass is 10.1. The molecule has 2 heterocycles. The number of carbonyl (C=O) groups excluding carboxylic acids is 2. The Kier molecular flexibility index (Phi) is 5.55. The van der Waals surface area contributed by atoms with Gasteiger partial charge in [-0.2, -0.15) is 0 Å². The minimum Gasteiger partial charge on any atom is -0.468 e. The summed E-state index contributed by atoms with van der Waals surface area (Å²) in [6.45, 7) is 0.107. The molecule has 3 aromatic rings. The van der Waals surface area contributed by atoms with Gasteiger partial charge in [-0.3, -0.25) is 9.59 Å². The molecule has 1 saturated heterocycles. The molecule has 0 saturated carbocycles. The highest BCUT2D eigenvalue weighted by molar-refractivity contribution is 9.10. The molecule has 29 heavy (non-hydrogen) atoms. The van der Waals surface area contributed by atoms with Gasteiger partial charge >= 0.3 is 5.97 Å². The molecule has 6 nitrogen and oxygen atoms in total. The highest BCUT2D eigenvalue weighted by atomic mass is 79.9. The third kappa shape index (κ3) is 4.28. The van der Waals surface area contributed by atoms with Gasteiger partial charge in [0.25, 0.3) is 5.91 Å². The normalized spacial score (nSPS) is 16.6. The maximum Gasteiger partial charge on any atom is 0.325 e. The molecule has 1 amide bonds. The van der Waals surface area contributed by atoms with Crippen molar-refractivity contribution < 1.29 is 14.3 Å². The number of amides is 1. The summed E-state index contributed by atoms with van der Waals surface area (Å²) in [6, 6.07) is 15.3. The second-order valence-corrected chi connectivity index (χ2v) is 8.21. The van der Waals surface area contributed by atoms with Crippen molar-refractivity contribution in [3.05, 3.63) is 69.7 Å². The van der Waals surface area contributed by atoms with Crippen molar-refractivity contribution in [3.8, 4) is 0 Å². The molecule has 1 aliphatic rings. The number of hydrogen-bond acceptors (Lipinski definition) is 5. The molecule has 0 aliphatic carbocycles. The summed E-state index contributed by atoms with van der Waals surface area (Å²) in [5.41, 5.74) is 2.51. The van der Waals surface area contributed by atoms with Gasteiger partial charge in [0.1, 0.15) is 6.54 Å². The highest BCUT2D eigenvalue weighted by Crippen LogP contribution is 2.31. The number of fused-ring (bicyclic) bond motifs is 1. The Morgan fingerprint density at radius 2 is 2.00 bits per heavy atom. The number of aliphatic imine (C=N–C) groups is 1. The summed E-state index contributed by atoms with van der Waals surface area (Å²) in [6.07, 6.45) is 3.67. The fourth-order valence-corrected chi connectivity index (χ4v) is 4.08. The number of thioether (sulfide) groups is 1. The molecule has 1 N–H and O–H groups in total. The summed E-state index contributed by atoms with van der Waals surface area (Å²) >= 11 is 4.68. The van der Waals surface area contributed by atoms with E-state index in [1.165, 1.54) is 18.9 Å². The van der Waals surface area contributed by atoms with Gasteiger partial charge in [-0.25, -0.2) is 4.99 Å². The van der Waals surface area contributed by atoms with E-state index in [0.717, 1.165) is 26.6 Å². The Morgan fingerprint density at radius 1 is 1.24 bits per heavy atom. The number of para-hydroxylation sites is 1. The Labute approximate surface area is 179 Å². The van der Waals surface area contributed by atoms with E-state index in [2.05, 4.69) is 26.2 Å². The predicted molar refractivity (Wildman–Crippen MR) is 119 cm³/mol. The van der Waals surface area contributed by atoms with Gasteiger partial charge in [0, 0.05) is 27.1 Å². The number of nitrogens with zero attached hydrogens (tertiary/aromatic N) is 2. The third-order valence-corrected chi connectivity index (χ3v) is 5.78. The van der Waals surface area contributed by atoms with Gasteiger partial charge in [-0.1, -0.05) is 34.1 Å². The molecule has 146 valence electrons. The van der Waals surface area contributed by atoms with Crippen LogP contribution in [0, 0.1) is 0 Å². The lowest BCUT2D eigenvalue weighted by Crippen LogP contribution is -2.19. The predicted octanol–water partition coefficient (Wildman–Crippen LogP) is 4.47. The monoisotopic (exact) mass is 469 g/mol. The molecule has 0 spiro atoms. The van der Waals surface area contributed by atoms with E-state index < -0.39 is 0 Å². The van der Waals surface area contributed by atoms with Crippen LogP contribution in [0.4, 0.5) is 5.69 Å². The first-order valence-electron chi connectivity index (χ1n) is 8.73. The lowest BCUT2D eigenvalue weighted by Gasteiger charge is -2.02. The number of hydrogen-bond donors (Lipinski definition) is 1. The van der Waals surface area contributed by atoms with Crippen LogP contribution in [-0.4, -0.2) is 28.7 Å². The van der Waals surface area contributed by atoms with Crippen LogP contribution in [0.25, 0.3) is 17.0 Å². The second kappa shape index (κ2) is 8.26. The van der Waals surface area contributed by atoms with Crippen LogP contribution in [0.1, 0.15) is 5.56 Å². The fraction of sp³-hybridized carbons (Fsp3) is 0.0952. The number of methoxy groups -OCH3 is 1. The van der Waals surface area contributed by atoms with Crippen molar-refractivity contribution in [3.63, 3.8) is 0 Å². The van der Waals surface area contributed by atoms with Gasteiger partial charge in [0.05, 0.1) is 17.7 Å². The summed E-state index contributed by atoms with van der Waals surface area (Å²) in [7, 11) is 1.36. The van der Waals surface area contributed by atoms with E-state index in [4.69, 9.17) is 4.74 Å². The highest BCUT2D eigenvalue weighted by Gasteiger charge is 2.24. The first-order valence-corrected chi connectivity index (χ1v) is 10.3. The van der Waals surface area contributed by atoms with Crippen molar-refractivity contribution in [2.24, 2.45) is 4.99 Å². The Morgan fingerprint density at radius 3 is 2.76 bits per heavy atom. The van der Waals surface area contributed by atoms with E-state index in [1.807, 2.05) is 65.4 Å². The smallest absolute Gasteiger partial charge is 0.325 e. The van der Waals surface area contributed by atoms with Crippen LogP contribution in [0.3, 0.4) is 0 Å². The quantitative estimate of drug-likeness (QED) is 0.451. The van der Waals surface area contributed by atoms with Crippen LogP contribution in [0.15, 0.2) is 69.1 Å². The Balaban J connectivity index is 1.65. The number of aromatic nitrogens is 1. The first kappa shape index (κ1) is 19.5. The molecular weight excluding hydrogens is 454 g/mol. The fourth-order valence-electron chi connectivity index (χ4n) is 2.98. The number of esters is 1. The number of amidine groups is 1. The zero-order valence-corrected chi connectivity index (χ0v) is 17.8. The molecule has 0 atom stereocenters. The molecule has 1 aromatic heterocycles. The molecule has 1 fully saturated rings. The number of ether oxygens (including phenoxy) is 1. The summed E-state index contributed by atoms with van der Waals surface area (Å²) in [5.74, 6) is -0.530. The van der Waals surface area contributed by atoms with Crippen LogP contribution in [0.5, 0.6) is 0 Å². The van der Waals surface area contributed by atoms with Gasteiger partial charge in [-0.15, -0.1) is 0 Å². The minimum atomic E-state index is -0.332. The summed E-state index contributed by atoms with van der Waals surface area (Å²) in [4.78, 5) is 29.2. The molecular formula is C21H16BrN3O3S. The van der Waals surface area contributed by atoms with Crippen LogP contribution >= 0.6 is 27.7 Å². The zero-order chi connectivity index (χ0) is 20.4. The molecule has 2 aromatic carbocycles. The largest absolute Gasteiger partial charge is 0.468 e. The number of benzene rings is 2. The van der Waals surface area contributed by atoms with E-state index in [-0.39, 0.29) is 18.4 Å². The van der Waals surface area contributed by atoms with Gasteiger partial charge < -0.3 is 14.6 Å². The van der Waals surface area contributed by atoms with Crippen LogP contribution < -0.4 is 5.32 Å². The van der Waals surface area contributed by atoms with E-state index >= 15 is 0 Å². The van der Waals surface area contributed by atoms with Crippen molar-refractivity contribution in [1.82, 2.24) is 9.88 Å². The van der Waals surface area contributed by atoms with Gasteiger partial charge in [0.15, 0.2) is 5.17 Å². The number of nitrogens with one attached hydrogen (secondary N) is 1. The van der Waals surface area contributed by atoms with Crippen molar-refractivity contribution >= 4 is 67.4 Å². The van der Waals surface area contributed by atoms with Crippen LogP contribution in [0.2, 0.25) is 0 Å². The van der Waals surface area contributed by atoms with E-state index in [9.17, 15) is 9.59 Å². The molecule has 0 bridgehead atoms. The maximum absolute atomic E-state index is 12.4. The standard InChI is InChI=1S/C21H16BrN3O3S/c1-28-19(26)12-25-11-13(16-4-2-3-5-17(16)25)10-18-20(27)24-21(29-18)23-15-8-6-14(22)7-9-15/h2-11H,12H2,1H3,(H,23,24,27). The molecule has 8 heteroatoms. The number of carbonyl (C=O) groups is 2. The first-order chi connectivity index (χ1) is 14.0. The van der Waals surface area contributed by atoms with Crippen molar-refractivity contribution in [2.75, 3.05) is 7.11 Å². The van der Waals surface area contributed by atoms with Crippen LogP contribution in [-0.2, 0) is 20.9 Å². The van der Waals surface area contributed by atoms with E-state index in [0.29, 0.717) is 10.1 Å². The van der Waals surface area contributed by atoms with E-state index in [1.54, 1.807) is 0 Å². The molecule has 0 radical (unpaired) electrons. The minimum absolute atomic E-state index is 0.107.